The molecule has 8 heteroatoms. The first-order chi connectivity index (χ1) is 9.78. The molecule has 20 heavy (non-hydrogen) atoms. The maximum atomic E-state index is 4.55. The SMILES string of the molecule is CCCNc1nc(Sc2nccn2C)c2cn[nH]c2n1. The Bertz CT molecular complexity index is 717. The van der Waals surface area contributed by atoms with Gasteiger partial charge in [-0.2, -0.15) is 10.1 Å². The van der Waals surface area contributed by atoms with E-state index >= 15 is 0 Å². The third kappa shape index (κ3) is 2.46. The summed E-state index contributed by atoms with van der Waals surface area (Å²) >= 11 is 1.50. The number of imidazole rings is 1. The molecular formula is C12H15N7S. The van der Waals surface area contributed by atoms with Crippen molar-refractivity contribution in [1.29, 1.82) is 0 Å². The lowest BCUT2D eigenvalue weighted by Gasteiger charge is -2.06. The van der Waals surface area contributed by atoms with Crippen LogP contribution in [-0.4, -0.2) is 36.3 Å². The summed E-state index contributed by atoms with van der Waals surface area (Å²) in [4.78, 5) is 13.3. The Morgan fingerprint density at radius 2 is 2.30 bits per heavy atom. The number of nitrogens with zero attached hydrogens (tertiary/aromatic N) is 5. The van der Waals surface area contributed by atoms with Crippen molar-refractivity contribution < 1.29 is 0 Å². The van der Waals surface area contributed by atoms with Gasteiger partial charge in [-0.3, -0.25) is 5.10 Å². The summed E-state index contributed by atoms with van der Waals surface area (Å²) in [6.45, 7) is 2.94. The summed E-state index contributed by atoms with van der Waals surface area (Å²) in [7, 11) is 1.96. The van der Waals surface area contributed by atoms with E-state index in [1.54, 1.807) is 12.4 Å². The average Bonchev–Trinajstić information content (AvgIpc) is 3.06. The van der Waals surface area contributed by atoms with E-state index in [1.807, 2.05) is 17.8 Å². The van der Waals surface area contributed by atoms with Crippen LogP contribution in [0.4, 0.5) is 5.95 Å². The summed E-state index contributed by atoms with van der Waals surface area (Å²) in [6, 6.07) is 0. The summed E-state index contributed by atoms with van der Waals surface area (Å²) < 4.78 is 1.96. The molecule has 0 aliphatic heterocycles. The van der Waals surface area contributed by atoms with Gasteiger partial charge in [0.05, 0.1) is 11.6 Å². The second-order valence-electron chi connectivity index (χ2n) is 4.33. The van der Waals surface area contributed by atoms with Gasteiger partial charge in [0.25, 0.3) is 0 Å². The second kappa shape index (κ2) is 5.49. The van der Waals surface area contributed by atoms with Crippen LogP contribution >= 0.6 is 11.8 Å². The van der Waals surface area contributed by atoms with E-state index in [0.29, 0.717) is 5.95 Å². The number of hydrogen-bond acceptors (Lipinski definition) is 6. The molecular weight excluding hydrogens is 274 g/mol. The van der Waals surface area contributed by atoms with Gasteiger partial charge in [-0.15, -0.1) is 0 Å². The van der Waals surface area contributed by atoms with E-state index in [1.165, 1.54) is 11.8 Å². The maximum absolute atomic E-state index is 4.55. The first-order valence-electron chi connectivity index (χ1n) is 6.38. The van der Waals surface area contributed by atoms with Crippen LogP contribution in [0.5, 0.6) is 0 Å². The third-order valence-corrected chi connectivity index (χ3v) is 3.85. The standard InChI is InChI=1S/C12H15N7S/c1-3-4-13-11-16-9-8(7-15-18-9)10(17-11)20-12-14-5-6-19(12)2/h5-7H,3-4H2,1-2H3,(H2,13,15,16,17,18). The van der Waals surface area contributed by atoms with Crippen molar-refractivity contribution >= 4 is 28.7 Å². The lowest BCUT2D eigenvalue weighted by atomic mass is 10.4. The number of aryl methyl sites for hydroxylation is 1. The summed E-state index contributed by atoms with van der Waals surface area (Å²) in [5, 5.41) is 12.8. The minimum atomic E-state index is 0.611. The number of hydrogen-bond donors (Lipinski definition) is 2. The molecule has 0 fully saturated rings. The molecule has 0 saturated carbocycles. The number of aromatic amines is 1. The molecule has 0 bridgehead atoms. The number of aromatic nitrogens is 6. The molecule has 0 atom stereocenters. The zero-order chi connectivity index (χ0) is 13.9. The van der Waals surface area contributed by atoms with E-state index in [-0.39, 0.29) is 0 Å². The van der Waals surface area contributed by atoms with Crippen molar-refractivity contribution in [2.75, 3.05) is 11.9 Å². The minimum absolute atomic E-state index is 0.611. The van der Waals surface area contributed by atoms with Crippen molar-refractivity contribution in [3.8, 4) is 0 Å². The fourth-order valence-corrected chi connectivity index (χ4v) is 2.62. The predicted molar refractivity (Wildman–Crippen MR) is 77.8 cm³/mol. The van der Waals surface area contributed by atoms with Gasteiger partial charge >= 0.3 is 0 Å². The molecule has 3 aromatic rings. The van der Waals surface area contributed by atoms with E-state index in [2.05, 4.69) is 37.4 Å². The second-order valence-corrected chi connectivity index (χ2v) is 5.29. The van der Waals surface area contributed by atoms with Crippen LogP contribution in [0.3, 0.4) is 0 Å². The Kier molecular flexibility index (Phi) is 3.55. The van der Waals surface area contributed by atoms with Crippen molar-refractivity contribution in [2.24, 2.45) is 7.05 Å². The van der Waals surface area contributed by atoms with Gasteiger partial charge in [-0.05, 0) is 18.2 Å². The molecule has 0 aliphatic carbocycles. The van der Waals surface area contributed by atoms with Gasteiger partial charge < -0.3 is 9.88 Å². The highest BCUT2D eigenvalue weighted by Crippen LogP contribution is 2.30. The Labute approximate surface area is 120 Å². The molecule has 3 heterocycles. The fourth-order valence-electron chi connectivity index (χ4n) is 1.74. The lowest BCUT2D eigenvalue weighted by Crippen LogP contribution is -2.05. The van der Waals surface area contributed by atoms with Gasteiger partial charge in [-0.25, -0.2) is 9.97 Å². The quantitative estimate of drug-likeness (QED) is 0.699. The van der Waals surface area contributed by atoms with Crippen molar-refractivity contribution in [3.63, 3.8) is 0 Å². The number of H-pyrrole nitrogens is 1. The van der Waals surface area contributed by atoms with Crippen LogP contribution < -0.4 is 5.32 Å². The van der Waals surface area contributed by atoms with Crippen molar-refractivity contribution in [2.45, 2.75) is 23.5 Å². The third-order valence-electron chi connectivity index (χ3n) is 2.77. The number of anilines is 1. The molecule has 0 aliphatic rings. The molecule has 3 rings (SSSR count). The average molecular weight is 289 g/mol. The molecule has 2 N–H and O–H groups in total. The Morgan fingerprint density at radius 1 is 1.40 bits per heavy atom. The predicted octanol–water partition coefficient (Wildman–Crippen LogP) is 2.06. The van der Waals surface area contributed by atoms with Crippen LogP contribution in [0.1, 0.15) is 13.3 Å². The van der Waals surface area contributed by atoms with Crippen molar-refractivity contribution in [3.05, 3.63) is 18.6 Å². The van der Waals surface area contributed by atoms with Crippen LogP contribution in [0.25, 0.3) is 11.0 Å². The number of fused-ring (bicyclic) bond motifs is 1. The Hall–Kier alpha value is -2.09. The van der Waals surface area contributed by atoms with Gasteiger partial charge in [-0.1, -0.05) is 6.92 Å². The van der Waals surface area contributed by atoms with E-state index in [4.69, 9.17) is 0 Å². The number of nitrogens with one attached hydrogen (secondary N) is 2. The maximum Gasteiger partial charge on any atom is 0.225 e. The summed E-state index contributed by atoms with van der Waals surface area (Å²) in [6.07, 6.45) is 6.44. The summed E-state index contributed by atoms with van der Waals surface area (Å²) in [5.74, 6) is 0.611. The highest BCUT2D eigenvalue weighted by atomic mass is 32.2. The van der Waals surface area contributed by atoms with Crippen molar-refractivity contribution in [1.82, 2.24) is 29.7 Å². The van der Waals surface area contributed by atoms with Crippen LogP contribution in [0, 0.1) is 0 Å². The monoisotopic (exact) mass is 289 g/mol. The summed E-state index contributed by atoms with van der Waals surface area (Å²) in [5.41, 5.74) is 0.732. The van der Waals surface area contributed by atoms with E-state index in [0.717, 1.165) is 34.2 Å². The van der Waals surface area contributed by atoms with Gasteiger partial charge in [0.1, 0.15) is 5.03 Å². The van der Waals surface area contributed by atoms with Gasteiger partial charge in [0, 0.05) is 26.0 Å². The highest BCUT2D eigenvalue weighted by molar-refractivity contribution is 7.99. The van der Waals surface area contributed by atoms with Gasteiger partial charge in [0.15, 0.2) is 10.8 Å². The molecule has 3 aromatic heterocycles. The first kappa shape index (κ1) is 12.9. The molecule has 0 radical (unpaired) electrons. The molecule has 104 valence electrons. The minimum Gasteiger partial charge on any atom is -0.354 e. The Balaban J connectivity index is 1.99. The smallest absolute Gasteiger partial charge is 0.225 e. The lowest BCUT2D eigenvalue weighted by molar-refractivity contribution is 0.789. The zero-order valence-electron chi connectivity index (χ0n) is 11.3. The van der Waals surface area contributed by atoms with Gasteiger partial charge in [0.2, 0.25) is 5.95 Å². The normalized spacial score (nSPS) is 11.1. The molecule has 0 spiro atoms. The molecule has 7 nitrogen and oxygen atoms in total. The fraction of sp³-hybridized carbons (Fsp3) is 0.333. The topological polar surface area (TPSA) is 84.3 Å². The van der Waals surface area contributed by atoms with Crippen LogP contribution in [0.2, 0.25) is 0 Å². The molecule has 0 amide bonds. The van der Waals surface area contributed by atoms with E-state index in [9.17, 15) is 0 Å². The first-order valence-corrected chi connectivity index (χ1v) is 7.19. The van der Waals surface area contributed by atoms with E-state index < -0.39 is 0 Å². The molecule has 0 saturated heterocycles. The largest absolute Gasteiger partial charge is 0.354 e. The highest BCUT2D eigenvalue weighted by Gasteiger charge is 2.12. The molecule has 0 aromatic carbocycles. The number of rotatable bonds is 5. The molecule has 0 unspecified atom stereocenters. The van der Waals surface area contributed by atoms with Crippen LogP contribution in [-0.2, 0) is 7.05 Å². The van der Waals surface area contributed by atoms with Crippen LogP contribution in [0.15, 0.2) is 28.8 Å². The Morgan fingerprint density at radius 3 is 3.05 bits per heavy atom. The zero-order valence-corrected chi connectivity index (χ0v) is 12.1.